The average Bonchev–Trinajstić information content (AvgIpc) is 2.27. The molecule has 0 bridgehead atoms. The zero-order valence-corrected chi connectivity index (χ0v) is 7.80. The van der Waals surface area contributed by atoms with E-state index >= 15 is 0 Å². The van der Waals surface area contributed by atoms with E-state index in [0.29, 0.717) is 5.15 Å². The fraction of sp³-hybridized carbons (Fsp3) is 0.625. The van der Waals surface area contributed by atoms with Crippen LogP contribution in [0.2, 0.25) is 5.15 Å². The molecule has 66 valence electrons. The van der Waals surface area contributed by atoms with Crippen LogP contribution >= 0.6 is 11.6 Å². The Morgan fingerprint density at radius 1 is 1.67 bits per heavy atom. The van der Waals surface area contributed by atoms with E-state index in [2.05, 4.69) is 4.98 Å². The van der Waals surface area contributed by atoms with Crippen LogP contribution in [0.25, 0.3) is 0 Å². The molecule has 12 heavy (non-hydrogen) atoms. The van der Waals surface area contributed by atoms with Gasteiger partial charge < -0.3 is 10.3 Å². The number of aromatic nitrogens is 2. The SMILES string of the molecule is Cn1cnc(Cl)c1C1(N)CCC1. The molecule has 0 aromatic carbocycles. The minimum atomic E-state index is -0.206. The molecule has 2 N–H and O–H groups in total. The van der Waals surface area contributed by atoms with Gasteiger partial charge in [0, 0.05) is 7.05 Å². The van der Waals surface area contributed by atoms with Crippen LogP contribution in [0.5, 0.6) is 0 Å². The lowest BCUT2D eigenvalue weighted by Crippen LogP contribution is -2.44. The van der Waals surface area contributed by atoms with Crippen LogP contribution in [0, 0.1) is 0 Å². The first-order valence-corrected chi connectivity index (χ1v) is 4.47. The van der Waals surface area contributed by atoms with Gasteiger partial charge in [-0.3, -0.25) is 0 Å². The minimum Gasteiger partial charge on any atom is -0.335 e. The van der Waals surface area contributed by atoms with Crippen molar-refractivity contribution < 1.29 is 0 Å². The van der Waals surface area contributed by atoms with Gasteiger partial charge in [0.05, 0.1) is 17.6 Å². The molecule has 0 unspecified atom stereocenters. The van der Waals surface area contributed by atoms with Crippen molar-refractivity contribution in [2.24, 2.45) is 12.8 Å². The van der Waals surface area contributed by atoms with E-state index in [1.807, 2.05) is 11.6 Å². The van der Waals surface area contributed by atoms with Gasteiger partial charge in [-0.25, -0.2) is 4.98 Å². The van der Waals surface area contributed by atoms with Crippen molar-refractivity contribution in [3.8, 4) is 0 Å². The van der Waals surface area contributed by atoms with Gasteiger partial charge in [0.25, 0.3) is 0 Å². The zero-order valence-electron chi connectivity index (χ0n) is 7.05. The van der Waals surface area contributed by atoms with Crippen LogP contribution in [-0.4, -0.2) is 9.55 Å². The molecule has 4 heteroatoms. The fourth-order valence-electron chi connectivity index (χ4n) is 1.75. The van der Waals surface area contributed by atoms with Crippen LogP contribution in [0.4, 0.5) is 0 Å². The molecule has 0 atom stereocenters. The summed E-state index contributed by atoms with van der Waals surface area (Å²) in [6.07, 6.45) is 4.95. The predicted octanol–water partition coefficient (Wildman–Crippen LogP) is 1.41. The molecule has 1 aromatic heterocycles. The predicted molar refractivity (Wildman–Crippen MR) is 47.9 cm³/mol. The lowest BCUT2D eigenvalue weighted by atomic mass is 9.75. The van der Waals surface area contributed by atoms with Crippen LogP contribution in [-0.2, 0) is 12.6 Å². The van der Waals surface area contributed by atoms with Crippen molar-refractivity contribution in [2.75, 3.05) is 0 Å². The Balaban J connectivity index is 2.44. The molecule has 1 heterocycles. The topological polar surface area (TPSA) is 43.8 Å². The molecule has 1 aliphatic rings. The maximum absolute atomic E-state index is 6.12. The average molecular weight is 186 g/mol. The first kappa shape index (κ1) is 8.08. The third-order valence-corrected chi connectivity index (χ3v) is 2.89. The summed E-state index contributed by atoms with van der Waals surface area (Å²) in [4.78, 5) is 4.01. The summed E-state index contributed by atoms with van der Waals surface area (Å²) < 4.78 is 1.92. The van der Waals surface area contributed by atoms with E-state index in [0.717, 1.165) is 18.5 Å². The summed E-state index contributed by atoms with van der Waals surface area (Å²) in [5, 5.41) is 0.555. The van der Waals surface area contributed by atoms with Crippen LogP contribution in [0.15, 0.2) is 6.33 Å². The molecule has 1 aliphatic carbocycles. The number of halogens is 1. The molecule has 0 aliphatic heterocycles. The Labute approximate surface area is 76.5 Å². The maximum Gasteiger partial charge on any atom is 0.152 e. The summed E-state index contributed by atoms with van der Waals surface area (Å²) in [5.41, 5.74) is 6.90. The number of aryl methyl sites for hydroxylation is 1. The maximum atomic E-state index is 6.12. The molecular weight excluding hydrogens is 174 g/mol. The normalized spacial score (nSPS) is 20.6. The van der Waals surface area contributed by atoms with Crippen molar-refractivity contribution in [1.82, 2.24) is 9.55 Å². The monoisotopic (exact) mass is 185 g/mol. The van der Waals surface area contributed by atoms with Gasteiger partial charge in [-0.15, -0.1) is 0 Å². The molecule has 0 amide bonds. The van der Waals surface area contributed by atoms with E-state index in [1.54, 1.807) is 6.33 Å². The highest BCUT2D eigenvalue weighted by Gasteiger charge is 2.38. The number of nitrogens with two attached hydrogens (primary N) is 1. The Bertz CT molecular complexity index is 282. The second-order valence-electron chi connectivity index (χ2n) is 3.50. The summed E-state index contributed by atoms with van der Waals surface area (Å²) in [6, 6.07) is 0. The highest BCUT2D eigenvalue weighted by molar-refractivity contribution is 6.30. The lowest BCUT2D eigenvalue weighted by molar-refractivity contribution is 0.240. The second-order valence-corrected chi connectivity index (χ2v) is 3.86. The molecule has 0 spiro atoms. The third-order valence-electron chi connectivity index (χ3n) is 2.61. The highest BCUT2D eigenvalue weighted by Crippen LogP contribution is 2.40. The van der Waals surface area contributed by atoms with Crippen molar-refractivity contribution >= 4 is 11.6 Å². The van der Waals surface area contributed by atoms with Gasteiger partial charge >= 0.3 is 0 Å². The number of rotatable bonds is 1. The molecular formula is C8H12ClN3. The first-order valence-electron chi connectivity index (χ1n) is 4.10. The summed E-state index contributed by atoms with van der Waals surface area (Å²) in [5.74, 6) is 0. The van der Waals surface area contributed by atoms with Crippen molar-refractivity contribution in [1.29, 1.82) is 0 Å². The van der Waals surface area contributed by atoms with E-state index in [1.165, 1.54) is 6.42 Å². The largest absolute Gasteiger partial charge is 0.335 e. The molecule has 1 aromatic rings. The number of hydrogen-bond donors (Lipinski definition) is 1. The summed E-state index contributed by atoms with van der Waals surface area (Å²) >= 11 is 5.93. The Morgan fingerprint density at radius 3 is 2.67 bits per heavy atom. The smallest absolute Gasteiger partial charge is 0.152 e. The van der Waals surface area contributed by atoms with E-state index in [-0.39, 0.29) is 5.54 Å². The molecule has 1 saturated carbocycles. The first-order chi connectivity index (χ1) is 5.63. The van der Waals surface area contributed by atoms with Crippen molar-refractivity contribution in [2.45, 2.75) is 24.8 Å². The van der Waals surface area contributed by atoms with Gasteiger partial charge in [-0.1, -0.05) is 11.6 Å². The van der Waals surface area contributed by atoms with Gasteiger partial charge in [0.2, 0.25) is 0 Å². The van der Waals surface area contributed by atoms with Crippen LogP contribution in [0.1, 0.15) is 25.0 Å². The quantitative estimate of drug-likeness (QED) is 0.719. The minimum absolute atomic E-state index is 0.206. The fourth-order valence-corrected chi connectivity index (χ4v) is 2.12. The second kappa shape index (κ2) is 2.47. The van der Waals surface area contributed by atoms with E-state index in [4.69, 9.17) is 17.3 Å². The van der Waals surface area contributed by atoms with E-state index in [9.17, 15) is 0 Å². The molecule has 2 rings (SSSR count). The van der Waals surface area contributed by atoms with Crippen molar-refractivity contribution in [3.63, 3.8) is 0 Å². The highest BCUT2D eigenvalue weighted by atomic mass is 35.5. The standard InChI is InChI=1S/C8H12ClN3/c1-12-5-11-7(9)6(12)8(10)3-2-4-8/h5H,2-4,10H2,1H3. The van der Waals surface area contributed by atoms with Crippen molar-refractivity contribution in [3.05, 3.63) is 17.2 Å². The summed E-state index contributed by atoms with van der Waals surface area (Å²) in [7, 11) is 1.93. The van der Waals surface area contributed by atoms with Gasteiger partial charge in [-0.2, -0.15) is 0 Å². The number of nitrogens with zero attached hydrogens (tertiary/aromatic N) is 2. The number of hydrogen-bond acceptors (Lipinski definition) is 2. The molecule has 0 radical (unpaired) electrons. The van der Waals surface area contributed by atoms with Crippen LogP contribution in [0.3, 0.4) is 0 Å². The third kappa shape index (κ3) is 0.967. The molecule has 3 nitrogen and oxygen atoms in total. The Morgan fingerprint density at radius 2 is 2.33 bits per heavy atom. The van der Waals surface area contributed by atoms with E-state index < -0.39 is 0 Å². The zero-order chi connectivity index (χ0) is 8.77. The molecule has 1 fully saturated rings. The lowest BCUT2D eigenvalue weighted by Gasteiger charge is -2.38. The summed E-state index contributed by atoms with van der Waals surface area (Å²) in [6.45, 7) is 0. The van der Waals surface area contributed by atoms with Gasteiger partial charge in [-0.05, 0) is 19.3 Å². The molecule has 0 saturated heterocycles. The van der Waals surface area contributed by atoms with Gasteiger partial charge in [0.15, 0.2) is 5.15 Å². The Kier molecular flexibility index (Phi) is 1.66. The Hall–Kier alpha value is -0.540. The van der Waals surface area contributed by atoms with Gasteiger partial charge in [0.1, 0.15) is 0 Å². The number of imidazole rings is 1. The van der Waals surface area contributed by atoms with Crippen LogP contribution < -0.4 is 5.73 Å².